The second kappa shape index (κ2) is 17.4. The Labute approximate surface area is 120 Å². The fourth-order valence-corrected chi connectivity index (χ4v) is 2.06. The second-order valence-corrected chi connectivity index (χ2v) is 5.30. The van der Waals surface area contributed by atoms with E-state index in [1.165, 1.54) is 64.2 Å². The molecule has 1 N–H and O–H groups in total. The summed E-state index contributed by atoms with van der Waals surface area (Å²) >= 11 is 0. The maximum Gasteiger partial charge on any atom is 0.0433 e. The molecule has 0 bridgehead atoms. The molecular weight excluding hydrogens is 232 g/mol. The van der Waals surface area contributed by atoms with Crippen molar-refractivity contribution in [1.29, 1.82) is 0 Å². The van der Waals surface area contributed by atoms with Crippen LogP contribution in [0.15, 0.2) is 24.3 Å². The van der Waals surface area contributed by atoms with Gasteiger partial charge in [-0.05, 0) is 44.9 Å². The van der Waals surface area contributed by atoms with Crippen molar-refractivity contribution in [3.05, 3.63) is 24.3 Å². The highest BCUT2D eigenvalue weighted by Crippen LogP contribution is 2.08. The third kappa shape index (κ3) is 17.4. The van der Waals surface area contributed by atoms with Crippen LogP contribution in [0.2, 0.25) is 0 Å². The Morgan fingerprint density at radius 2 is 1.00 bits per heavy atom. The van der Waals surface area contributed by atoms with Crippen molar-refractivity contribution < 1.29 is 5.11 Å². The lowest BCUT2D eigenvalue weighted by Crippen LogP contribution is -1.80. The Kier molecular flexibility index (Phi) is 16.9. The molecule has 0 atom stereocenters. The number of rotatable bonds is 14. The summed E-state index contributed by atoms with van der Waals surface area (Å²) < 4.78 is 0. The molecule has 0 aromatic carbocycles. The van der Waals surface area contributed by atoms with Gasteiger partial charge in [-0.2, -0.15) is 0 Å². The lowest BCUT2D eigenvalue weighted by Gasteiger charge is -1.98. The number of hydrogen-bond donors (Lipinski definition) is 1. The molecule has 0 heterocycles. The Hall–Kier alpha value is -0.560. The van der Waals surface area contributed by atoms with Gasteiger partial charge in [0, 0.05) is 6.61 Å². The molecule has 0 saturated carbocycles. The monoisotopic (exact) mass is 266 g/mol. The molecule has 0 aromatic heterocycles. The first-order chi connectivity index (χ1) is 9.41. The highest BCUT2D eigenvalue weighted by atomic mass is 16.2. The predicted octanol–water partition coefficient (Wildman–Crippen LogP) is 5.79. The van der Waals surface area contributed by atoms with E-state index in [-0.39, 0.29) is 0 Å². The molecule has 0 spiro atoms. The summed E-state index contributed by atoms with van der Waals surface area (Å²) in [5.74, 6) is 0. The fraction of sp³-hybridized carbons (Fsp3) is 0.778. The van der Waals surface area contributed by atoms with Gasteiger partial charge in [0.15, 0.2) is 0 Å². The smallest absolute Gasteiger partial charge is 0.0433 e. The Morgan fingerprint density at radius 1 is 0.579 bits per heavy atom. The summed E-state index contributed by atoms with van der Waals surface area (Å²) in [6.07, 6.45) is 24.3. The number of unbranched alkanes of at least 4 members (excludes halogenated alkanes) is 9. The first-order valence-corrected chi connectivity index (χ1v) is 8.32. The highest BCUT2D eigenvalue weighted by molar-refractivity contribution is 4.82. The van der Waals surface area contributed by atoms with Gasteiger partial charge in [-0.1, -0.05) is 63.3 Å². The first kappa shape index (κ1) is 18.4. The maximum atomic E-state index is 8.63. The topological polar surface area (TPSA) is 20.2 Å². The molecule has 19 heavy (non-hydrogen) atoms. The second-order valence-electron chi connectivity index (χ2n) is 5.30. The van der Waals surface area contributed by atoms with Crippen LogP contribution in [0.1, 0.15) is 84.0 Å². The standard InChI is InChI=1S/C18H34O/c1-2-3-4-5-6-7-8-9-10-11-12-13-14-15-16-17-18-19/h5-6,14-15,19H,2-4,7-13,16-18H2,1H3/b6-5?,15-14+. The van der Waals surface area contributed by atoms with Gasteiger partial charge in [-0.15, -0.1) is 0 Å². The Bertz CT molecular complexity index is 184. The maximum absolute atomic E-state index is 8.63. The molecule has 0 aliphatic rings. The molecule has 112 valence electrons. The SMILES string of the molecule is CCCCC=CCCCCCCC/C=C/CCCO. The quantitative estimate of drug-likeness (QED) is 0.311. The third-order valence-corrected chi connectivity index (χ3v) is 3.33. The van der Waals surface area contributed by atoms with Gasteiger partial charge in [-0.25, -0.2) is 0 Å². The van der Waals surface area contributed by atoms with Crippen molar-refractivity contribution in [2.24, 2.45) is 0 Å². The van der Waals surface area contributed by atoms with Crippen LogP contribution in [-0.2, 0) is 0 Å². The minimum atomic E-state index is 0.317. The summed E-state index contributed by atoms with van der Waals surface area (Å²) in [6, 6.07) is 0. The van der Waals surface area contributed by atoms with Crippen LogP contribution < -0.4 is 0 Å². The summed E-state index contributed by atoms with van der Waals surface area (Å²) in [4.78, 5) is 0. The average molecular weight is 266 g/mol. The fourth-order valence-electron chi connectivity index (χ4n) is 2.06. The van der Waals surface area contributed by atoms with E-state index in [0.29, 0.717) is 6.61 Å². The van der Waals surface area contributed by atoms with Crippen LogP contribution in [0.25, 0.3) is 0 Å². The average Bonchev–Trinajstić information content (AvgIpc) is 2.43. The van der Waals surface area contributed by atoms with Gasteiger partial charge in [0.2, 0.25) is 0 Å². The van der Waals surface area contributed by atoms with Crippen LogP contribution in [0.4, 0.5) is 0 Å². The number of aliphatic hydroxyl groups excluding tert-OH is 1. The van der Waals surface area contributed by atoms with Crippen LogP contribution in [0.3, 0.4) is 0 Å². The van der Waals surface area contributed by atoms with E-state index in [4.69, 9.17) is 5.11 Å². The highest BCUT2D eigenvalue weighted by Gasteiger charge is 1.89. The molecule has 1 nitrogen and oxygen atoms in total. The van der Waals surface area contributed by atoms with Crippen LogP contribution >= 0.6 is 0 Å². The largest absolute Gasteiger partial charge is 0.396 e. The van der Waals surface area contributed by atoms with E-state index in [9.17, 15) is 0 Å². The van der Waals surface area contributed by atoms with Crippen molar-refractivity contribution >= 4 is 0 Å². The normalized spacial score (nSPS) is 11.9. The van der Waals surface area contributed by atoms with E-state index in [2.05, 4.69) is 31.2 Å². The van der Waals surface area contributed by atoms with Gasteiger partial charge in [-0.3, -0.25) is 0 Å². The zero-order chi connectivity index (χ0) is 14.0. The van der Waals surface area contributed by atoms with E-state index in [1.807, 2.05) is 0 Å². The van der Waals surface area contributed by atoms with Gasteiger partial charge in [0.25, 0.3) is 0 Å². The van der Waals surface area contributed by atoms with Gasteiger partial charge in [0.05, 0.1) is 0 Å². The van der Waals surface area contributed by atoms with Crippen molar-refractivity contribution in [2.45, 2.75) is 84.0 Å². The molecule has 1 heteroatoms. The number of aliphatic hydroxyl groups is 1. The predicted molar refractivity (Wildman–Crippen MR) is 86.4 cm³/mol. The molecule has 0 aliphatic heterocycles. The van der Waals surface area contributed by atoms with Crippen LogP contribution in [0.5, 0.6) is 0 Å². The molecule has 0 rings (SSSR count). The third-order valence-electron chi connectivity index (χ3n) is 3.33. The van der Waals surface area contributed by atoms with Crippen molar-refractivity contribution in [2.75, 3.05) is 6.61 Å². The van der Waals surface area contributed by atoms with Gasteiger partial charge >= 0.3 is 0 Å². The molecule has 0 unspecified atom stereocenters. The van der Waals surface area contributed by atoms with Crippen molar-refractivity contribution in [3.63, 3.8) is 0 Å². The minimum Gasteiger partial charge on any atom is -0.396 e. The Morgan fingerprint density at radius 3 is 1.47 bits per heavy atom. The summed E-state index contributed by atoms with van der Waals surface area (Å²) in [5, 5.41) is 8.63. The molecular formula is C18H34O. The molecule has 0 saturated heterocycles. The number of hydrogen-bond acceptors (Lipinski definition) is 1. The Balaban J connectivity index is 3.06. The zero-order valence-electron chi connectivity index (χ0n) is 12.9. The molecule has 0 amide bonds. The number of allylic oxidation sites excluding steroid dienone is 4. The van der Waals surface area contributed by atoms with Gasteiger partial charge in [0.1, 0.15) is 0 Å². The molecule has 0 aliphatic carbocycles. The minimum absolute atomic E-state index is 0.317. The molecule has 0 radical (unpaired) electrons. The van der Waals surface area contributed by atoms with Crippen molar-refractivity contribution in [3.8, 4) is 0 Å². The van der Waals surface area contributed by atoms with Gasteiger partial charge < -0.3 is 5.11 Å². The van der Waals surface area contributed by atoms with E-state index >= 15 is 0 Å². The summed E-state index contributed by atoms with van der Waals surface area (Å²) in [6.45, 7) is 2.56. The molecule has 0 fully saturated rings. The van der Waals surface area contributed by atoms with Crippen LogP contribution in [0, 0.1) is 0 Å². The summed E-state index contributed by atoms with van der Waals surface area (Å²) in [5.41, 5.74) is 0. The van der Waals surface area contributed by atoms with Crippen LogP contribution in [-0.4, -0.2) is 11.7 Å². The molecule has 0 aromatic rings. The van der Waals surface area contributed by atoms with E-state index in [1.54, 1.807) is 0 Å². The first-order valence-electron chi connectivity index (χ1n) is 8.32. The lowest BCUT2D eigenvalue weighted by atomic mass is 10.1. The van der Waals surface area contributed by atoms with E-state index < -0.39 is 0 Å². The lowest BCUT2D eigenvalue weighted by molar-refractivity contribution is 0.289. The van der Waals surface area contributed by atoms with E-state index in [0.717, 1.165) is 12.8 Å². The van der Waals surface area contributed by atoms with Crippen molar-refractivity contribution in [1.82, 2.24) is 0 Å². The zero-order valence-corrected chi connectivity index (χ0v) is 12.9. The summed E-state index contributed by atoms with van der Waals surface area (Å²) in [7, 11) is 0.